The minimum Gasteiger partial charge on any atom is -0.316 e. The van der Waals surface area contributed by atoms with Gasteiger partial charge in [0, 0.05) is 12.6 Å². The first-order chi connectivity index (χ1) is 5.77. The summed E-state index contributed by atoms with van der Waals surface area (Å²) in [6.07, 6.45) is 2.83. The van der Waals surface area contributed by atoms with Crippen molar-refractivity contribution in [3.05, 3.63) is 0 Å². The first kappa shape index (κ1) is 8.52. The summed E-state index contributed by atoms with van der Waals surface area (Å²) in [5.74, 6) is 1.94. The van der Waals surface area contributed by atoms with Gasteiger partial charge >= 0.3 is 0 Å². The standard InChI is InChI=1S/C10H20N2/c1-8-5-10(7-12(8)2)9-3-4-11-6-9/h8-11H,3-7H2,1-2H3. The normalized spacial score (nSPS) is 44.0. The Morgan fingerprint density at radius 2 is 2.17 bits per heavy atom. The largest absolute Gasteiger partial charge is 0.316 e. The van der Waals surface area contributed by atoms with Gasteiger partial charge in [0.05, 0.1) is 0 Å². The van der Waals surface area contributed by atoms with Crippen LogP contribution in [0.3, 0.4) is 0 Å². The van der Waals surface area contributed by atoms with E-state index in [0.29, 0.717) is 0 Å². The molecule has 3 atom stereocenters. The van der Waals surface area contributed by atoms with Crippen LogP contribution in [0.2, 0.25) is 0 Å². The van der Waals surface area contributed by atoms with Crippen molar-refractivity contribution in [2.75, 3.05) is 26.7 Å². The van der Waals surface area contributed by atoms with Crippen molar-refractivity contribution in [1.82, 2.24) is 10.2 Å². The molecular formula is C10H20N2. The Balaban J connectivity index is 1.89. The van der Waals surface area contributed by atoms with Crippen LogP contribution in [0, 0.1) is 11.8 Å². The van der Waals surface area contributed by atoms with Crippen molar-refractivity contribution in [1.29, 1.82) is 0 Å². The fourth-order valence-corrected chi connectivity index (χ4v) is 2.66. The molecule has 0 spiro atoms. The summed E-state index contributed by atoms with van der Waals surface area (Å²) in [5.41, 5.74) is 0. The minimum absolute atomic E-state index is 0.815. The van der Waals surface area contributed by atoms with Gasteiger partial charge in [-0.05, 0) is 51.7 Å². The van der Waals surface area contributed by atoms with Crippen LogP contribution < -0.4 is 5.32 Å². The highest BCUT2D eigenvalue weighted by Gasteiger charge is 2.33. The van der Waals surface area contributed by atoms with E-state index in [1.807, 2.05) is 0 Å². The fraction of sp³-hybridized carbons (Fsp3) is 1.00. The van der Waals surface area contributed by atoms with E-state index in [0.717, 1.165) is 17.9 Å². The molecule has 0 aromatic heterocycles. The number of hydrogen-bond donors (Lipinski definition) is 1. The molecule has 2 heterocycles. The predicted octanol–water partition coefficient (Wildman–Crippen LogP) is 0.936. The summed E-state index contributed by atoms with van der Waals surface area (Å²) in [6, 6.07) is 0.815. The van der Waals surface area contributed by atoms with Gasteiger partial charge in [0.2, 0.25) is 0 Å². The maximum atomic E-state index is 3.46. The molecule has 0 aromatic carbocycles. The Kier molecular flexibility index (Phi) is 2.37. The van der Waals surface area contributed by atoms with Crippen molar-refractivity contribution < 1.29 is 0 Å². The third-order valence-electron chi connectivity index (χ3n) is 3.68. The highest BCUT2D eigenvalue weighted by Crippen LogP contribution is 2.30. The van der Waals surface area contributed by atoms with E-state index in [-0.39, 0.29) is 0 Å². The van der Waals surface area contributed by atoms with Crippen molar-refractivity contribution >= 4 is 0 Å². The van der Waals surface area contributed by atoms with Gasteiger partial charge in [-0.25, -0.2) is 0 Å². The van der Waals surface area contributed by atoms with Crippen LogP contribution in [-0.2, 0) is 0 Å². The maximum absolute atomic E-state index is 3.46. The lowest BCUT2D eigenvalue weighted by molar-refractivity contribution is 0.310. The Morgan fingerprint density at radius 3 is 2.67 bits per heavy atom. The summed E-state index contributed by atoms with van der Waals surface area (Å²) in [7, 11) is 2.26. The van der Waals surface area contributed by atoms with Gasteiger partial charge in [0.15, 0.2) is 0 Å². The summed E-state index contributed by atoms with van der Waals surface area (Å²) < 4.78 is 0. The third-order valence-corrected chi connectivity index (χ3v) is 3.68. The third kappa shape index (κ3) is 1.50. The van der Waals surface area contributed by atoms with E-state index in [1.165, 1.54) is 32.5 Å². The second-order valence-corrected chi connectivity index (χ2v) is 4.54. The second-order valence-electron chi connectivity index (χ2n) is 4.54. The number of likely N-dealkylation sites (tertiary alicyclic amines) is 1. The van der Waals surface area contributed by atoms with Crippen LogP contribution in [0.1, 0.15) is 19.8 Å². The Bertz CT molecular complexity index is 142. The number of nitrogens with zero attached hydrogens (tertiary/aromatic N) is 1. The van der Waals surface area contributed by atoms with E-state index in [9.17, 15) is 0 Å². The van der Waals surface area contributed by atoms with Crippen molar-refractivity contribution in [2.24, 2.45) is 11.8 Å². The van der Waals surface area contributed by atoms with Gasteiger partial charge in [-0.3, -0.25) is 0 Å². The van der Waals surface area contributed by atoms with E-state index in [1.54, 1.807) is 0 Å². The van der Waals surface area contributed by atoms with Crippen LogP contribution in [0.4, 0.5) is 0 Å². The van der Waals surface area contributed by atoms with Gasteiger partial charge in [-0.2, -0.15) is 0 Å². The van der Waals surface area contributed by atoms with Crippen LogP contribution in [-0.4, -0.2) is 37.6 Å². The number of hydrogen-bond acceptors (Lipinski definition) is 2. The van der Waals surface area contributed by atoms with Gasteiger partial charge in [0.1, 0.15) is 0 Å². The zero-order valence-corrected chi connectivity index (χ0v) is 8.21. The molecule has 0 saturated carbocycles. The molecule has 70 valence electrons. The van der Waals surface area contributed by atoms with Crippen LogP contribution in [0.25, 0.3) is 0 Å². The van der Waals surface area contributed by atoms with Crippen molar-refractivity contribution in [3.8, 4) is 0 Å². The highest BCUT2D eigenvalue weighted by molar-refractivity contribution is 4.87. The molecule has 2 saturated heterocycles. The summed E-state index contributed by atoms with van der Waals surface area (Å²) in [6.45, 7) is 6.19. The van der Waals surface area contributed by atoms with E-state index in [4.69, 9.17) is 0 Å². The molecule has 2 aliphatic rings. The first-order valence-corrected chi connectivity index (χ1v) is 5.18. The smallest absolute Gasteiger partial charge is 0.00672 e. The highest BCUT2D eigenvalue weighted by atomic mass is 15.1. The van der Waals surface area contributed by atoms with Gasteiger partial charge in [-0.1, -0.05) is 0 Å². The van der Waals surface area contributed by atoms with Gasteiger partial charge < -0.3 is 10.2 Å². The quantitative estimate of drug-likeness (QED) is 0.627. The molecule has 1 N–H and O–H groups in total. The monoisotopic (exact) mass is 168 g/mol. The number of nitrogens with one attached hydrogen (secondary N) is 1. The number of rotatable bonds is 1. The Labute approximate surface area is 75.3 Å². The average Bonchev–Trinajstić information content (AvgIpc) is 2.61. The topological polar surface area (TPSA) is 15.3 Å². The van der Waals surface area contributed by atoms with Crippen LogP contribution in [0.5, 0.6) is 0 Å². The Hall–Kier alpha value is -0.0800. The first-order valence-electron chi connectivity index (χ1n) is 5.18. The SMILES string of the molecule is CC1CC(C2CCNC2)CN1C. The molecule has 2 heteroatoms. The molecule has 0 aromatic rings. The molecule has 2 aliphatic heterocycles. The van der Waals surface area contributed by atoms with E-state index >= 15 is 0 Å². The molecule has 2 fully saturated rings. The van der Waals surface area contributed by atoms with Crippen molar-refractivity contribution in [2.45, 2.75) is 25.8 Å². The zero-order valence-electron chi connectivity index (χ0n) is 8.21. The lowest BCUT2D eigenvalue weighted by Gasteiger charge is -2.16. The summed E-state index contributed by atoms with van der Waals surface area (Å²) in [4.78, 5) is 2.50. The van der Waals surface area contributed by atoms with Crippen molar-refractivity contribution in [3.63, 3.8) is 0 Å². The Morgan fingerprint density at radius 1 is 1.33 bits per heavy atom. The second kappa shape index (κ2) is 3.35. The van der Waals surface area contributed by atoms with E-state index in [2.05, 4.69) is 24.2 Å². The molecule has 12 heavy (non-hydrogen) atoms. The van der Waals surface area contributed by atoms with E-state index < -0.39 is 0 Å². The minimum atomic E-state index is 0.815. The average molecular weight is 168 g/mol. The molecule has 3 unspecified atom stereocenters. The van der Waals surface area contributed by atoms with Gasteiger partial charge in [0.25, 0.3) is 0 Å². The zero-order chi connectivity index (χ0) is 8.55. The molecule has 2 nitrogen and oxygen atoms in total. The predicted molar refractivity (Wildman–Crippen MR) is 51.2 cm³/mol. The lowest BCUT2D eigenvalue weighted by Crippen LogP contribution is -2.23. The van der Waals surface area contributed by atoms with Gasteiger partial charge in [-0.15, -0.1) is 0 Å². The molecule has 0 aliphatic carbocycles. The molecule has 2 rings (SSSR count). The fourth-order valence-electron chi connectivity index (χ4n) is 2.66. The molecule has 0 amide bonds. The molecule has 0 bridgehead atoms. The lowest BCUT2D eigenvalue weighted by atomic mass is 9.90. The van der Waals surface area contributed by atoms with Crippen LogP contribution >= 0.6 is 0 Å². The molecule has 0 radical (unpaired) electrons. The maximum Gasteiger partial charge on any atom is 0.00672 e. The summed E-state index contributed by atoms with van der Waals surface area (Å²) in [5, 5.41) is 3.46. The summed E-state index contributed by atoms with van der Waals surface area (Å²) >= 11 is 0. The molecular weight excluding hydrogens is 148 g/mol. The van der Waals surface area contributed by atoms with Crippen LogP contribution in [0.15, 0.2) is 0 Å².